The van der Waals surface area contributed by atoms with Crippen LogP contribution in [-0.2, 0) is 17.9 Å². The van der Waals surface area contributed by atoms with Crippen LogP contribution in [0.4, 0.5) is 5.69 Å². The van der Waals surface area contributed by atoms with Crippen LogP contribution in [0.1, 0.15) is 53.7 Å². The van der Waals surface area contributed by atoms with E-state index < -0.39 is 0 Å². The van der Waals surface area contributed by atoms with E-state index >= 15 is 0 Å². The van der Waals surface area contributed by atoms with Gasteiger partial charge in [-0.05, 0) is 36.1 Å². The number of hydrogen-bond donors (Lipinski definition) is 2. The third-order valence-corrected chi connectivity index (χ3v) is 5.72. The second-order valence-corrected chi connectivity index (χ2v) is 8.12. The molecule has 2 N–H and O–H groups in total. The van der Waals surface area contributed by atoms with Crippen LogP contribution in [-0.4, -0.2) is 21.4 Å². The first kappa shape index (κ1) is 20.8. The summed E-state index contributed by atoms with van der Waals surface area (Å²) in [5, 5.41) is 5.93. The van der Waals surface area contributed by atoms with Crippen molar-refractivity contribution in [2.45, 2.75) is 45.2 Å². The standard InChI is InChI=1S/C25H28N4O2/c30-24(21-9-5-2-6-10-21)28-22-13-11-20(12-14-22)16-29-17-23(27-18-29)25(31)26-15-19-7-3-1-4-8-19/h1,3-4,7-8,11-14,17-18,21H,2,5-6,9-10,15-16H2,(H,26,31)(H,28,30). The first-order chi connectivity index (χ1) is 15.2. The third kappa shape index (κ3) is 5.81. The maximum Gasteiger partial charge on any atom is 0.271 e. The number of anilines is 1. The van der Waals surface area contributed by atoms with Crippen LogP contribution in [0.25, 0.3) is 0 Å². The molecule has 1 saturated carbocycles. The fourth-order valence-corrected chi connectivity index (χ4v) is 3.95. The van der Waals surface area contributed by atoms with Crippen LogP contribution in [0.15, 0.2) is 67.1 Å². The second-order valence-electron chi connectivity index (χ2n) is 8.12. The van der Waals surface area contributed by atoms with E-state index in [0.717, 1.165) is 42.5 Å². The first-order valence-electron chi connectivity index (χ1n) is 10.9. The van der Waals surface area contributed by atoms with Gasteiger partial charge in [-0.25, -0.2) is 4.98 Å². The molecule has 1 aliphatic rings. The molecule has 1 aliphatic carbocycles. The van der Waals surface area contributed by atoms with Gasteiger partial charge < -0.3 is 15.2 Å². The van der Waals surface area contributed by atoms with Crippen LogP contribution >= 0.6 is 0 Å². The zero-order chi connectivity index (χ0) is 21.5. The summed E-state index contributed by atoms with van der Waals surface area (Å²) in [5.74, 6) is 0.0856. The quantitative estimate of drug-likeness (QED) is 0.600. The van der Waals surface area contributed by atoms with Crippen molar-refractivity contribution in [1.82, 2.24) is 14.9 Å². The van der Waals surface area contributed by atoms with Gasteiger partial charge in [-0.15, -0.1) is 0 Å². The van der Waals surface area contributed by atoms with Crippen molar-refractivity contribution in [2.75, 3.05) is 5.32 Å². The monoisotopic (exact) mass is 416 g/mol. The van der Waals surface area contributed by atoms with Gasteiger partial charge in [0.15, 0.2) is 0 Å². The van der Waals surface area contributed by atoms with Gasteiger partial charge in [-0.3, -0.25) is 9.59 Å². The summed E-state index contributed by atoms with van der Waals surface area (Å²) >= 11 is 0. The van der Waals surface area contributed by atoms with Gasteiger partial charge in [-0.1, -0.05) is 61.7 Å². The average Bonchev–Trinajstić information content (AvgIpc) is 3.28. The normalized spacial score (nSPS) is 14.2. The number of imidazole rings is 1. The largest absolute Gasteiger partial charge is 0.347 e. The number of aromatic nitrogens is 2. The molecule has 1 aromatic heterocycles. The third-order valence-electron chi connectivity index (χ3n) is 5.72. The Morgan fingerprint density at radius 1 is 0.935 bits per heavy atom. The van der Waals surface area contributed by atoms with Crippen LogP contribution in [0.5, 0.6) is 0 Å². The Hall–Kier alpha value is -3.41. The molecule has 2 amide bonds. The molecule has 1 heterocycles. The van der Waals surface area contributed by atoms with Crippen LogP contribution in [0, 0.1) is 5.92 Å². The minimum Gasteiger partial charge on any atom is -0.347 e. The van der Waals surface area contributed by atoms with Crippen molar-refractivity contribution < 1.29 is 9.59 Å². The van der Waals surface area contributed by atoms with Crippen molar-refractivity contribution in [1.29, 1.82) is 0 Å². The van der Waals surface area contributed by atoms with Gasteiger partial charge in [0.25, 0.3) is 5.91 Å². The molecule has 31 heavy (non-hydrogen) atoms. The summed E-state index contributed by atoms with van der Waals surface area (Å²) in [6, 6.07) is 17.6. The Kier molecular flexibility index (Phi) is 6.77. The Balaban J connectivity index is 1.29. The van der Waals surface area contributed by atoms with Crippen molar-refractivity contribution in [3.8, 4) is 0 Å². The lowest BCUT2D eigenvalue weighted by Gasteiger charge is -2.20. The number of carbonyl (C=O) groups is 2. The molecule has 6 nitrogen and oxygen atoms in total. The number of rotatable bonds is 7. The molecule has 0 saturated heterocycles. The SMILES string of the molecule is O=C(NCc1ccccc1)c1cn(Cc2ccc(NC(=O)C3CCCCC3)cc2)cn1. The summed E-state index contributed by atoms with van der Waals surface area (Å²) < 4.78 is 1.88. The van der Waals surface area contributed by atoms with E-state index in [1.165, 1.54) is 6.42 Å². The lowest BCUT2D eigenvalue weighted by molar-refractivity contribution is -0.120. The molecule has 0 aliphatic heterocycles. The van der Waals surface area contributed by atoms with E-state index in [4.69, 9.17) is 0 Å². The molecule has 4 rings (SSSR count). The summed E-state index contributed by atoms with van der Waals surface area (Å²) in [6.45, 7) is 1.08. The molecule has 1 fully saturated rings. The number of hydrogen-bond acceptors (Lipinski definition) is 3. The summed E-state index contributed by atoms with van der Waals surface area (Å²) in [7, 11) is 0. The van der Waals surface area contributed by atoms with Crippen LogP contribution in [0.2, 0.25) is 0 Å². The molecule has 0 bridgehead atoms. The number of nitrogens with zero attached hydrogens (tertiary/aromatic N) is 2. The van der Waals surface area contributed by atoms with Gasteiger partial charge >= 0.3 is 0 Å². The Morgan fingerprint density at radius 2 is 1.68 bits per heavy atom. The van der Waals surface area contributed by atoms with Crippen molar-refractivity contribution in [3.63, 3.8) is 0 Å². The minimum absolute atomic E-state index is 0.133. The maximum absolute atomic E-state index is 12.4. The lowest BCUT2D eigenvalue weighted by atomic mass is 9.88. The Labute approximate surface area is 182 Å². The molecule has 6 heteroatoms. The molecule has 2 aromatic carbocycles. The second kappa shape index (κ2) is 10.1. The molecular weight excluding hydrogens is 388 g/mol. The van der Waals surface area contributed by atoms with Crippen molar-refractivity contribution >= 4 is 17.5 Å². The van der Waals surface area contributed by atoms with Gasteiger partial charge in [0.2, 0.25) is 5.91 Å². The molecular formula is C25H28N4O2. The maximum atomic E-state index is 12.4. The van der Waals surface area contributed by atoms with E-state index in [9.17, 15) is 9.59 Å². The van der Waals surface area contributed by atoms with E-state index in [1.54, 1.807) is 12.5 Å². The number of carbonyl (C=O) groups excluding carboxylic acids is 2. The van der Waals surface area contributed by atoms with Gasteiger partial charge in [0, 0.05) is 30.9 Å². The van der Waals surface area contributed by atoms with Gasteiger partial charge in [0.05, 0.1) is 6.33 Å². The topological polar surface area (TPSA) is 76.0 Å². The highest BCUT2D eigenvalue weighted by Gasteiger charge is 2.20. The molecule has 0 unspecified atom stereocenters. The average molecular weight is 417 g/mol. The summed E-state index contributed by atoms with van der Waals surface area (Å²) in [4.78, 5) is 29.0. The van der Waals surface area contributed by atoms with Gasteiger partial charge in [0.1, 0.15) is 5.69 Å². The number of amides is 2. The Morgan fingerprint density at radius 3 is 2.42 bits per heavy atom. The molecule has 0 atom stereocenters. The molecule has 0 radical (unpaired) electrons. The van der Waals surface area contributed by atoms with Crippen LogP contribution in [0.3, 0.4) is 0 Å². The molecule has 160 valence electrons. The summed E-state index contributed by atoms with van der Waals surface area (Å²) in [5.41, 5.74) is 3.34. The van der Waals surface area contributed by atoms with Crippen molar-refractivity contribution in [2.24, 2.45) is 5.92 Å². The van der Waals surface area contributed by atoms with E-state index in [-0.39, 0.29) is 17.7 Å². The van der Waals surface area contributed by atoms with Crippen molar-refractivity contribution in [3.05, 3.63) is 83.9 Å². The molecule has 0 spiro atoms. The highest BCUT2D eigenvalue weighted by Crippen LogP contribution is 2.25. The van der Waals surface area contributed by atoms with Crippen LogP contribution < -0.4 is 10.6 Å². The number of benzene rings is 2. The highest BCUT2D eigenvalue weighted by atomic mass is 16.2. The van der Waals surface area contributed by atoms with E-state index in [2.05, 4.69) is 15.6 Å². The zero-order valence-electron chi connectivity index (χ0n) is 17.6. The van der Waals surface area contributed by atoms with E-state index in [1.807, 2.05) is 59.2 Å². The number of nitrogens with one attached hydrogen (secondary N) is 2. The zero-order valence-corrected chi connectivity index (χ0v) is 17.6. The fourth-order valence-electron chi connectivity index (χ4n) is 3.95. The highest BCUT2D eigenvalue weighted by molar-refractivity contribution is 5.92. The predicted molar refractivity (Wildman–Crippen MR) is 121 cm³/mol. The lowest BCUT2D eigenvalue weighted by Crippen LogP contribution is -2.24. The fraction of sp³-hybridized carbons (Fsp3) is 0.320. The Bertz CT molecular complexity index is 1010. The minimum atomic E-state index is -0.191. The first-order valence-corrected chi connectivity index (χ1v) is 10.9. The summed E-state index contributed by atoms with van der Waals surface area (Å²) in [6.07, 6.45) is 8.93. The van der Waals surface area contributed by atoms with Gasteiger partial charge in [-0.2, -0.15) is 0 Å². The molecule has 3 aromatic rings. The smallest absolute Gasteiger partial charge is 0.271 e. The predicted octanol–water partition coefficient (Wildman–Crippen LogP) is 4.38. The van der Waals surface area contributed by atoms with E-state index in [0.29, 0.717) is 18.8 Å².